The highest BCUT2D eigenvalue weighted by Crippen LogP contribution is 2.23. The van der Waals surface area contributed by atoms with Crippen LogP contribution in [0, 0.1) is 13.8 Å². The molecule has 2 aromatic heterocycles. The lowest BCUT2D eigenvalue weighted by molar-refractivity contribution is -0.143. The maximum Gasteiger partial charge on any atom is 0.326 e. The van der Waals surface area contributed by atoms with E-state index in [2.05, 4.69) is 21.0 Å². The molecule has 134 valence electrons. The molecular weight excluding hydrogens is 352 g/mol. The van der Waals surface area contributed by atoms with Crippen molar-refractivity contribution in [2.45, 2.75) is 27.3 Å². The molecule has 1 aromatic carbocycles. The predicted molar refractivity (Wildman–Crippen MR) is 97.8 cm³/mol. The highest BCUT2D eigenvalue weighted by Gasteiger charge is 2.15. The zero-order valence-corrected chi connectivity index (χ0v) is 15.5. The molecule has 3 rings (SSSR count). The van der Waals surface area contributed by atoms with Crippen molar-refractivity contribution in [2.75, 3.05) is 6.61 Å². The largest absolute Gasteiger partial charge is 0.465 e. The molecule has 0 aliphatic rings. The van der Waals surface area contributed by atoms with Crippen LogP contribution in [0.4, 0.5) is 0 Å². The molecule has 26 heavy (non-hydrogen) atoms. The molecule has 0 aliphatic heterocycles. The van der Waals surface area contributed by atoms with Crippen LogP contribution in [0.3, 0.4) is 0 Å². The molecule has 3 aromatic rings. The molecule has 0 bridgehead atoms. The second kappa shape index (κ2) is 7.57. The molecule has 7 nitrogen and oxygen atoms in total. The average molecular weight is 370 g/mol. The van der Waals surface area contributed by atoms with E-state index in [4.69, 9.17) is 4.74 Å². The van der Waals surface area contributed by atoms with Gasteiger partial charge in [0.2, 0.25) is 0 Å². The SMILES string of the molecule is CCOC(=O)Cn1c(=NC(=O)c2cnccn2)sc2c(C)cc(C)cc21. The van der Waals surface area contributed by atoms with E-state index < -0.39 is 5.91 Å². The summed E-state index contributed by atoms with van der Waals surface area (Å²) < 4.78 is 7.76. The molecule has 0 radical (unpaired) electrons. The van der Waals surface area contributed by atoms with Gasteiger partial charge in [0.1, 0.15) is 12.2 Å². The molecule has 2 heterocycles. The number of esters is 1. The molecule has 0 saturated carbocycles. The van der Waals surface area contributed by atoms with Gasteiger partial charge in [-0.1, -0.05) is 17.4 Å². The summed E-state index contributed by atoms with van der Waals surface area (Å²) in [5.74, 6) is -0.878. The standard InChI is InChI=1S/C18H18N4O3S/c1-4-25-15(23)10-22-14-8-11(2)7-12(3)16(14)26-18(22)21-17(24)13-9-19-5-6-20-13/h5-9H,4,10H2,1-3H3. The van der Waals surface area contributed by atoms with Crippen LogP contribution in [0.25, 0.3) is 10.2 Å². The number of thiazole rings is 1. The summed E-state index contributed by atoms with van der Waals surface area (Å²) >= 11 is 1.36. The maximum absolute atomic E-state index is 12.4. The van der Waals surface area contributed by atoms with E-state index in [1.165, 1.54) is 29.9 Å². The summed E-state index contributed by atoms with van der Waals surface area (Å²) in [6, 6.07) is 4.03. The first kappa shape index (κ1) is 17.9. The van der Waals surface area contributed by atoms with Crippen LogP contribution in [0.5, 0.6) is 0 Å². The minimum Gasteiger partial charge on any atom is -0.465 e. The maximum atomic E-state index is 12.4. The highest BCUT2D eigenvalue weighted by atomic mass is 32.1. The van der Waals surface area contributed by atoms with Gasteiger partial charge in [0, 0.05) is 12.4 Å². The second-order valence-corrected chi connectivity index (χ2v) is 6.69. The number of carbonyl (C=O) groups excluding carboxylic acids is 2. The van der Waals surface area contributed by atoms with Crippen LogP contribution in [-0.4, -0.2) is 33.0 Å². The molecule has 0 unspecified atom stereocenters. The van der Waals surface area contributed by atoms with Crippen molar-refractivity contribution in [3.8, 4) is 0 Å². The lowest BCUT2D eigenvalue weighted by atomic mass is 10.1. The van der Waals surface area contributed by atoms with Gasteiger partial charge in [-0.05, 0) is 38.0 Å². The number of carbonyl (C=O) groups is 2. The smallest absolute Gasteiger partial charge is 0.326 e. The Kier molecular flexibility index (Phi) is 5.22. The fraction of sp³-hybridized carbons (Fsp3) is 0.278. The van der Waals surface area contributed by atoms with E-state index in [1.807, 2.05) is 19.9 Å². The Morgan fingerprint density at radius 3 is 2.77 bits per heavy atom. The van der Waals surface area contributed by atoms with Gasteiger partial charge in [0.05, 0.1) is 23.0 Å². The van der Waals surface area contributed by atoms with Crippen molar-refractivity contribution in [3.05, 3.63) is 52.3 Å². The zero-order valence-electron chi connectivity index (χ0n) is 14.7. The third-order valence-corrected chi connectivity index (χ3v) is 4.92. The van der Waals surface area contributed by atoms with Gasteiger partial charge >= 0.3 is 5.97 Å². The molecule has 0 spiro atoms. The molecule has 0 fully saturated rings. The molecule has 0 N–H and O–H groups in total. The van der Waals surface area contributed by atoms with Crippen LogP contribution < -0.4 is 4.80 Å². The van der Waals surface area contributed by atoms with E-state index in [1.54, 1.807) is 11.5 Å². The van der Waals surface area contributed by atoms with Crippen molar-refractivity contribution in [3.63, 3.8) is 0 Å². The Hall–Kier alpha value is -2.87. The fourth-order valence-corrected chi connectivity index (χ4v) is 3.72. The van der Waals surface area contributed by atoms with Gasteiger partial charge in [0.25, 0.3) is 5.91 Å². The number of aromatic nitrogens is 3. The fourth-order valence-electron chi connectivity index (χ4n) is 2.64. The first-order chi connectivity index (χ1) is 12.5. The molecular formula is C18H18N4O3S. The van der Waals surface area contributed by atoms with E-state index in [9.17, 15) is 9.59 Å². The molecule has 0 aliphatic carbocycles. The molecule has 1 amide bonds. The van der Waals surface area contributed by atoms with E-state index in [0.717, 1.165) is 21.3 Å². The Morgan fingerprint density at radius 2 is 2.08 bits per heavy atom. The van der Waals surface area contributed by atoms with Gasteiger partial charge in [-0.3, -0.25) is 14.6 Å². The third-order valence-electron chi connectivity index (χ3n) is 3.69. The molecule has 0 atom stereocenters. The summed E-state index contributed by atoms with van der Waals surface area (Å²) in [6.07, 6.45) is 4.29. The van der Waals surface area contributed by atoms with Gasteiger partial charge in [-0.15, -0.1) is 0 Å². The number of fused-ring (bicyclic) bond motifs is 1. The van der Waals surface area contributed by atoms with Gasteiger partial charge < -0.3 is 9.30 Å². The Bertz CT molecular complexity index is 1040. The number of aryl methyl sites for hydroxylation is 2. The number of nitrogens with zero attached hydrogens (tertiary/aromatic N) is 4. The minimum absolute atomic E-state index is 0.0106. The van der Waals surface area contributed by atoms with Crippen LogP contribution in [-0.2, 0) is 16.1 Å². The quantitative estimate of drug-likeness (QED) is 0.658. The van der Waals surface area contributed by atoms with Crippen molar-refractivity contribution >= 4 is 33.4 Å². The number of hydrogen-bond acceptors (Lipinski definition) is 6. The number of amides is 1. The Labute approximate surface area is 154 Å². The summed E-state index contributed by atoms with van der Waals surface area (Å²) in [6.45, 7) is 6.02. The van der Waals surface area contributed by atoms with Crippen LogP contribution in [0.2, 0.25) is 0 Å². The van der Waals surface area contributed by atoms with Crippen molar-refractivity contribution < 1.29 is 14.3 Å². The summed E-state index contributed by atoms with van der Waals surface area (Å²) in [4.78, 5) is 36.9. The normalized spacial score (nSPS) is 11.7. The second-order valence-electron chi connectivity index (χ2n) is 5.71. The Morgan fingerprint density at radius 1 is 1.27 bits per heavy atom. The Balaban J connectivity index is 2.17. The van der Waals surface area contributed by atoms with Gasteiger partial charge in [-0.25, -0.2) is 4.98 Å². The molecule has 8 heteroatoms. The number of benzene rings is 1. The third kappa shape index (κ3) is 3.70. The van der Waals surface area contributed by atoms with Crippen LogP contribution in [0.1, 0.15) is 28.5 Å². The van der Waals surface area contributed by atoms with Crippen LogP contribution >= 0.6 is 11.3 Å². The predicted octanol–water partition coefficient (Wildman–Crippen LogP) is 2.41. The summed E-state index contributed by atoms with van der Waals surface area (Å²) in [5.41, 5.74) is 3.14. The summed E-state index contributed by atoms with van der Waals surface area (Å²) in [7, 11) is 0. The van der Waals surface area contributed by atoms with Crippen LogP contribution in [0.15, 0.2) is 35.7 Å². The topological polar surface area (TPSA) is 86.4 Å². The van der Waals surface area contributed by atoms with Gasteiger partial charge in [-0.2, -0.15) is 4.99 Å². The van der Waals surface area contributed by atoms with Crippen molar-refractivity contribution in [1.29, 1.82) is 0 Å². The average Bonchev–Trinajstić information content (AvgIpc) is 2.94. The van der Waals surface area contributed by atoms with E-state index >= 15 is 0 Å². The first-order valence-corrected chi connectivity index (χ1v) is 8.92. The monoisotopic (exact) mass is 370 g/mol. The zero-order chi connectivity index (χ0) is 18.7. The highest BCUT2D eigenvalue weighted by molar-refractivity contribution is 7.16. The van der Waals surface area contributed by atoms with Gasteiger partial charge in [0.15, 0.2) is 4.80 Å². The van der Waals surface area contributed by atoms with E-state index in [-0.39, 0.29) is 18.2 Å². The van der Waals surface area contributed by atoms with Crippen molar-refractivity contribution in [1.82, 2.24) is 14.5 Å². The van der Waals surface area contributed by atoms with Crippen molar-refractivity contribution in [2.24, 2.45) is 4.99 Å². The minimum atomic E-state index is -0.503. The number of hydrogen-bond donors (Lipinski definition) is 0. The number of ether oxygens (including phenoxy) is 1. The lowest BCUT2D eigenvalue weighted by Gasteiger charge is -2.06. The first-order valence-electron chi connectivity index (χ1n) is 8.11. The number of rotatable bonds is 4. The molecule has 0 saturated heterocycles. The lowest BCUT2D eigenvalue weighted by Crippen LogP contribution is -2.23. The summed E-state index contributed by atoms with van der Waals surface area (Å²) in [5, 5.41) is 0. The van der Waals surface area contributed by atoms with E-state index in [0.29, 0.717) is 11.4 Å².